The van der Waals surface area contributed by atoms with Gasteiger partial charge < -0.3 is 0 Å². The van der Waals surface area contributed by atoms with E-state index in [9.17, 15) is 150 Å². The van der Waals surface area contributed by atoms with E-state index < -0.39 is 245 Å². The molecular weight excluding hydrogens is 2510 g/mol. The van der Waals surface area contributed by atoms with E-state index in [-0.39, 0.29) is 0 Å². The Morgan fingerprint density at radius 3 is 0.354 bits per heavy atom. The maximum Gasteiger partial charge on any atom is 0.431 e. The highest BCUT2D eigenvalue weighted by Crippen LogP contribution is 2.79. The van der Waals surface area contributed by atoms with Gasteiger partial charge in [-0.15, -0.1) is 0 Å². The number of hydrogen-bond donors (Lipinski definition) is 0. The smallest absolute Gasteiger partial charge is 0.240 e. The molecule has 86 heteroatoms. The van der Waals surface area contributed by atoms with E-state index in [4.69, 9.17) is 0 Å². The van der Waals surface area contributed by atoms with Crippen molar-refractivity contribution < 1.29 is 283 Å². The van der Waals surface area contributed by atoms with Crippen molar-refractivity contribution in [2.24, 2.45) is 0 Å². The molecule has 0 spiro atoms. The van der Waals surface area contributed by atoms with E-state index >= 15 is 123 Å². The number of rotatable bonds is 42. The van der Waals surface area contributed by atoms with Gasteiger partial charge in [0.1, 0.15) is 0 Å². The van der Waals surface area contributed by atoms with E-state index in [1.54, 1.807) is 0 Å². The highest BCUT2D eigenvalue weighted by atomic mass is 35.5. The molecule has 0 radical (unpaired) electrons. The highest BCUT2D eigenvalue weighted by Gasteiger charge is 3.04. The Morgan fingerprint density at radius 2 is 0.238 bits per heavy atom. The Kier molecular flexibility index (Phi) is 35.3. The molecule has 0 saturated heterocycles. The lowest BCUT2D eigenvalue weighted by molar-refractivity contribution is -0.458. The van der Waals surface area contributed by atoms with Crippen molar-refractivity contribution in [2.45, 2.75) is 233 Å². The zero-order valence-electron chi connectivity index (χ0n) is 54.9. The molecule has 0 bridgehead atoms. The van der Waals surface area contributed by atoms with E-state index in [1.807, 2.05) is 0 Å². The van der Waals surface area contributed by atoms with Crippen LogP contribution in [0.4, 0.5) is 263 Å². The second kappa shape index (κ2) is 35.0. The molecule has 0 N–H and O–H groups in total. The van der Waals surface area contributed by atoms with Gasteiger partial charge in [0.15, 0.2) is 0 Å². The van der Waals surface area contributed by atoms with Crippen LogP contribution in [0.5, 0.6) is 0 Å². The van der Waals surface area contributed by atoms with Crippen LogP contribution < -0.4 is 0 Å². The van der Waals surface area contributed by atoms with Crippen LogP contribution in [-0.2, 0) is 19.4 Å². The summed E-state index contributed by atoms with van der Waals surface area (Å²) >= 11 is 91.0. The first-order valence-corrected chi connectivity index (χ1v) is 35.7. The van der Waals surface area contributed by atoms with Gasteiger partial charge in [-0.3, -0.25) is 0 Å². The van der Waals surface area contributed by atoms with Gasteiger partial charge >= 0.3 is 117 Å². The Bertz CT molecular complexity index is 3850. The lowest BCUT2D eigenvalue weighted by Gasteiger charge is -2.52. The fourth-order valence-corrected chi connectivity index (χ4v) is 14.3. The summed E-state index contributed by atoms with van der Waals surface area (Å²) in [7, 11) is 0. The Labute approximate surface area is 778 Å². The molecule has 0 aromatic rings. The fraction of sp³-hybridized carbons (Fsp3) is 0.955. The molecule has 0 aromatic heterocycles. The number of alkyl halides is 82. The number of carbonyl (C=O) groups is 2. The highest BCUT2D eigenvalue weighted by molar-refractivity contribution is 6.52. The largest absolute Gasteiger partial charge is 0.431 e. The van der Waals surface area contributed by atoms with E-state index in [0.29, 0.717) is 0 Å². The minimum atomic E-state index is -10.5. The molecule has 0 aliphatic rings. The van der Waals surface area contributed by atoms with Crippen LogP contribution in [-0.4, -0.2) is 245 Å². The van der Waals surface area contributed by atoms with Crippen LogP contribution in [0.15, 0.2) is 0 Å². The molecule has 0 aliphatic heterocycles. The first-order valence-electron chi connectivity index (χ1n) is 27.4. The molecule has 0 rings (SSSR count). The average Bonchev–Trinajstić information content (AvgIpc) is 0.674. The van der Waals surface area contributed by atoms with Gasteiger partial charge in [0.25, 0.3) is 115 Å². The summed E-state index contributed by atoms with van der Waals surface area (Å²) in [5.41, 5.74) is 0. The predicted octanol–water partition coefficient (Wildman–Crippen LogP) is 31.3. The minimum absolute atomic E-state index is 1.39. The third kappa shape index (κ3) is 16.2. The zero-order chi connectivity index (χ0) is 108. The number of halogens is 82. The number of carbonyl (C=O) groups excluding carboxylic acids is 2. The summed E-state index contributed by atoms with van der Waals surface area (Å²) in [6.45, 7) is 0. The van der Waals surface area contributed by atoms with Crippen molar-refractivity contribution in [1.82, 2.24) is 0 Å². The monoisotopic (exact) mass is 2510 g/mol. The molecule has 130 heavy (non-hydrogen) atoms. The molecule has 24 atom stereocenters. The van der Waals surface area contributed by atoms with Gasteiger partial charge in [0, 0.05) is 0 Å². The maximum absolute atomic E-state index is 16.0. The molecular formula is C44H4Cl22F60O4. The summed E-state index contributed by atoms with van der Waals surface area (Å²) in [5.74, 6) is -175. The van der Waals surface area contributed by atoms with Crippen LogP contribution in [0, 0.1) is 0 Å². The molecule has 778 valence electrons. The Morgan fingerprint density at radius 1 is 0.146 bits per heavy atom. The second-order valence-corrected chi connectivity index (χ2v) is 35.7. The zero-order valence-corrected chi connectivity index (χ0v) is 71.6. The van der Waals surface area contributed by atoms with Crippen molar-refractivity contribution >= 4 is 267 Å². The fourth-order valence-electron chi connectivity index (χ4n) is 7.83. The summed E-state index contributed by atoms with van der Waals surface area (Å²) in [5, 5.41) is -170. The van der Waals surface area contributed by atoms with Gasteiger partial charge in [0.2, 0.25) is 12.3 Å². The van der Waals surface area contributed by atoms with Crippen molar-refractivity contribution in [3.8, 4) is 0 Å². The van der Waals surface area contributed by atoms with Gasteiger partial charge in [-0.2, -0.15) is 140 Å². The minimum Gasteiger partial charge on any atom is -0.240 e. The molecule has 0 fully saturated rings. The lowest BCUT2D eigenvalue weighted by Crippen LogP contribution is -2.79. The summed E-state index contributed by atoms with van der Waals surface area (Å²) in [6.07, 6.45) is -21.4. The quantitative estimate of drug-likeness (QED) is 0.0265. The van der Waals surface area contributed by atoms with Crippen molar-refractivity contribution in [3.05, 3.63) is 0 Å². The maximum atomic E-state index is 16.0. The van der Waals surface area contributed by atoms with Crippen molar-refractivity contribution in [3.63, 3.8) is 0 Å². The Balaban J connectivity index is 8.11. The predicted molar refractivity (Wildman–Crippen MR) is 326 cm³/mol. The molecule has 0 aromatic carbocycles. The van der Waals surface area contributed by atoms with Crippen LogP contribution in [0.25, 0.3) is 0 Å². The molecule has 24 unspecified atom stereocenters. The van der Waals surface area contributed by atoms with Crippen LogP contribution in [0.1, 0.15) is 0 Å². The first-order chi connectivity index (χ1) is 54.8. The third-order valence-electron chi connectivity index (χ3n) is 16.1. The van der Waals surface area contributed by atoms with Gasteiger partial charge in [-0.1, -0.05) is 255 Å². The molecule has 0 saturated carbocycles. The molecule has 4 nitrogen and oxygen atoms in total. The van der Waals surface area contributed by atoms with Gasteiger partial charge in [-0.05, 0) is 0 Å². The van der Waals surface area contributed by atoms with E-state index in [1.165, 1.54) is 9.78 Å². The van der Waals surface area contributed by atoms with Crippen LogP contribution >= 0.6 is 255 Å². The summed E-state index contributed by atoms with van der Waals surface area (Å²) in [4.78, 5) is 25.9. The molecule has 0 aliphatic carbocycles. The normalized spacial score (nSPS) is 25.7. The Hall–Kier alpha value is 1.12. The standard InChI is InChI=1S/C44H4Cl22F60O4/c45-7(73,1(67)3(69)70)11(47,79)13(49,81)15(51,83)17(53,85)19(55,87)21(57,89)23(59,91)25(61,93)27(63,95)29(65,97)33(103,104)37(111,112)41(119,120)43(123,124)39(115,116)35(107,108)31(99,100)9(75,76)5(127)129-130-6(128)10(77,78)32(101,102)36(109,110)40(117,118)44(125,126)42(121,122)38(113,114)34(105,106)30(66,98)28(64,96)26(62,94)24(60,92)22(58,90)20(56,88)18(54,86)16(52,84)14(50,82)12(48,80)8(46,74)2(68)4(71)72/h1-4H. The van der Waals surface area contributed by atoms with Crippen molar-refractivity contribution in [1.29, 1.82) is 0 Å². The van der Waals surface area contributed by atoms with E-state index in [2.05, 4.69) is 255 Å². The molecule has 0 heterocycles. The SMILES string of the molecule is O=C(OOC(=O)C(F)(F)C(F)(F)C(F)(F)C(F)(F)C(F)(F)C(F)(F)C(F)(F)C(F)(F)C(F)(Cl)C(F)(Cl)C(F)(Cl)C(F)(Cl)C(F)(Cl)C(F)(Cl)C(F)(Cl)C(F)(Cl)C(F)(Cl)C(F)(Cl)C(F)(Cl)C(F)C(F)F)C(F)(F)C(F)(F)C(F)(F)C(F)(F)C(F)(F)C(F)(F)C(F)(F)C(F)(F)C(F)(Cl)C(F)(Cl)C(F)(Cl)C(F)(Cl)C(F)(Cl)C(F)(Cl)C(F)(Cl)C(F)(Cl)C(F)(Cl)C(F)(Cl)C(F)(Cl)C(F)C(F)F. The van der Waals surface area contributed by atoms with Crippen LogP contribution in [0.2, 0.25) is 0 Å². The summed E-state index contributed by atoms with van der Waals surface area (Å²) in [6, 6.07) is 0. The first kappa shape index (κ1) is 131. The molecule has 0 amide bonds. The number of hydrogen-bond acceptors (Lipinski definition) is 4. The third-order valence-corrected chi connectivity index (χ3v) is 29.4. The lowest BCUT2D eigenvalue weighted by atomic mass is 9.84. The second-order valence-electron chi connectivity index (χ2n) is 24.1. The average molecular weight is 2520 g/mol. The van der Waals surface area contributed by atoms with Crippen molar-refractivity contribution in [2.75, 3.05) is 0 Å². The van der Waals surface area contributed by atoms with Crippen LogP contribution in [0.3, 0.4) is 0 Å². The van der Waals surface area contributed by atoms with Gasteiger partial charge in [0.05, 0.1) is 0 Å². The topological polar surface area (TPSA) is 52.6 Å². The summed E-state index contributed by atoms with van der Waals surface area (Å²) < 4.78 is 897. The van der Waals surface area contributed by atoms with Gasteiger partial charge in [-0.25, -0.2) is 142 Å². The van der Waals surface area contributed by atoms with E-state index in [0.717, 1.165) is 0 Å².